The summed E-state index contributed by atoms with van der Waals surface area (Å²) in [5, 5.41) is 10.3. The molecule has 3 heteroatoms. The largest absolute Gasteiger partial charge is 0.493 e. The summed E-state index contributed by atoms with van der Waals surface area (Å²) < 4.78 is 5.67. The molecule has 1 aromatic carbocycles. The van der Waals surface area contributed by atoms with Crippen LogP contribution in [0.1, 0.15) is 13.8 Å². The summed E-state index contributed by atoms with van der Waals surface area (Å²) in [5.74, 6) is 0.841. The zero-order chi connectivity index (χ0) is 11.6. The van der Waals surface area contributed by atoms with Gasteiger partial charge in [-0.25, -0.2) is 0 Å². The highest BCUT2D eigenvalue weighted by atomic mass is 16.5. The molecule has 0 spiro atoms. The van der Waals surface area contributed by atoms with Crippen molar-refractivity contribution in [3.63, 3.8) is 0 Å². The summed E-state index contributed by atoms with van der Waals surface area (Å²) in [6, 6.07) is 7.95. The van der Waals surface area contributed by atoms with Crippen LogP contribution < -0.4 is 4.74 Å². The third-order valence-corrected chi connectivity index (χ3v) is 2.58. The lowest BCUT2D eigenvalue weighted by Crippen LogP contribution is -2.25. The van der Waals surface area contributed by atoms with E-state index in [9.17, 15) is 0 Å². The van der Waals surface area contributed by atoms with Gasteiger partial charge in [0.1, 0.15) is 5.75 Å². The molecule has 2 aromatic rings. The third kappa shape index (κ3) is 2.36. The summed E-state index contributed by atoms with van der Waals surface area (Å²) in [7, 11) is 0. The molecule has 0 unspecified atom stereocenters. The van der Waals surface area contributed by atoms with Crippen molar-refractivity contribution in [1.29, 1.82) is 0 Å². The van der Waals surface area contributed by atoms with Gasteiger partial charge in [-0.15, -0.1) is 0 Å². The molecular weight excluding hydrogens is 202 g/mol. The first kappa shape index (κ1) is 11.0. The third-order valence-electron chi connectivity index (χ3n) is 2.58. The summed E-state index contributed by atoms with van der Waals surface area (Å²) in [5.41, 5.74) is 0.904. The van der Waals surface area contributed by atoms with E-state index in [-0.39, 0.29) is 12.0 Å². The number of aliphatic hydroxyl groups is 1. The maximum Gasteiger partial charge on any atom is 0.120 e. The van der Waals surface area contributed by atoms with E-state index >= 15 is 0 Å². The maximum absolute atomic E-state index is 9.13. The van der Waals surface area contributed by atoms with Crippen molar-refractivity contribution in [3.8, 4) is 5.75 Å². The van der Waals surface area contributed by atoms with E-state index in [0.29, 0.717) is 6.61 Å². The minimum absolute atomic E-state index is 0.124. The number of aromatic amines is 1. The van der Waals surface area contributed by atoms with Gasteiger partial charge in [-0.3, -0.25) is 0 Å². The van der Waals surface area contributed by atoms with Crippen LogP contribution in [0.2, 0.25) is 0 Å². The Balaban J connectivity index is 2.09. The van der Waals surface area contributed by atoms with Gasteiger partial charge in [0.25, 0.3) is 0 Å². The van der Waals surface area contributed by atoms with Crippen molar-refractivity contribution in [2.45, 2.75) is 13.8 Å². The first-order chi connectivity index (χ1) is 7.61. The molecule has 0 atom stereocenters. The molecule has 3 nitrogen and oxygen atoms in total. The molecule has 1 heterocycles. The van der Waals surface area contributed by atoms with Crippen molar-refractivity contribution in [2.75, 3.05) is 13.2 Å². The van der Waals surface area contributed by atoms with Crippen molar-refractivity contribution in [2.24, 2.45) is 5.41 Å². The average Bonchev–Trinajstić information content (AvgIpc) is 2.73. The SMILES string of the molecule is CC(C)(CO)COc1ccc2[nH]ccc2c1. The Hall–Kier alpha value is -1.48. The number of ether oxygens (including phenoxy) is 1. The Kier molecular flexibility index (Phi) is 2.88. The van der Waals surface area contributed by atoms with Gasteiger partial charge in [0.05, 0.1) is 13.2 Å². The molecule has 2 rings (SSSR count). The van der Waals surface area contributed by atoms with Gasteiger partial charge in [0, 0.05) is 22.5 Å². The monoisotopic (exact) mass is 219 g/mol. The number of hydrogen-bond acceptors (Lipinski definition) is 2. The van der Waals surface area contributed by atoms with Gasteiger partial charge >= 0.3 is 0 Å². The minimum atomic E-state index is -0.201. The Morgan fingerprint density at radius 1 is 1.31 bits per heavy atom. The lowest BCUT2D eigenvalue weighted by atomic mass is 9.96. The summed E-state index contributed by atoms with van der Waals surface area (Å²) in [6.45, 7) is 4.59. The predicted octanol–water partition coefficient (Wildman–Crippen LogP) is 2.57. The van der Waals surface area contributed by atoms with Gasteiger partial charge in [0.15, 0.2) is 0 Å². The molecule has 86 valence electrons. The second-order valence-electron chi connectivity index (χ2n) is 4.84. The van der Waals surface area contributed by atoms with E-state index in [1.165, 1.54) is 0 Å². The molecule has 0 aliphatic carbocycles. The predicted molar refractivity (Wildman–Crippen MR) is 64.7 cm³/mol. The maximum atomic E-state index is 9.13. The fourth-order valence-electron chi connectivity index (χ4n) is 1.45. The summed E-state index contributed by atoms with van der Waals surface area (Å²) >= 11 is 0. The summed E-state index contributed by atoms with van der Waals surface area (Å²) in [6.07, 6.45) is 1.91. The van der Waals surface area contributed by atoms with E-state index in [2.05, 4.69) is 4.98 Å². The number of nitrogens with one attached hydrogen (secondary N) is 1. The van der Waals surface area contributed by atoms with Crippen LogP contribution in [-0.4, -0.2) is 23.3 Å². The van der Waals surface area contributed by atoms with Crippen LogP contribution in [-0.2, 0) is 0 Å². The lowest BCUT2D eigenvalue weighted by molar-refractivity contribution is 0.0976. The summed E-state index contributed by atoms with van der Waals surface area (Å²) in [4.78, 5) is 3.13. The van der Waals surface area contributed by atoms with Crippen molar-refractivity contribution >= 4 is 10.9 Å². The standard InChI is InChI=1S/C13H17NO2/c1-13(2,8-15)9-16-11-3-4-12-10(7-11)5-6-14-12/h3-7,14-15H,8-9H2,1-2H3. The van der Waals surface area contributed by atoms with Crippen molar-refractivity contribution < 1.29 is 9.84 Å². The molecule has 0 fully saturated rings. The van der Waals surface area contributed by atoms with Crippen molar-refractivity contribution in [3.05, 3.63) is 30.5 Å². The van der Waals surface area contributed by atoms with Gasteiger partial charge < -0.3 is 14.8 Å². The Morgan fingerprint density at radius 3 is 2.88 bits per heavy atom. The molecule has 1 aromatic heterocycles. The zero-order valence-electron chi connectivity index (χ0n) is 9.66. The quantitative estimate of drug-likeness (QED) is 0.830. The van der Waals surface area contributed by atoms with Crippen LogP contribution in [0.3, 0.4) is 0 Å². The molecule has 2 N–H and O–H groups in total. The second kappa shape index (κ2) is 4.18. The molecule has 0 saturated heterocycles. The van der Waals surface area contributed by atoms with Crippen LogP contribution >= 0.6 is 0 Å². The normalized spacial score (nSPS) is 11.9. The van der Waals surface area contributed by atoms with Gasteiger partial charge in [-0.2, -0.15) is 0 Å². The Morgan fingerprint density at radius 2 is 2.12 bits per heavy atom. The number of hydrogen-bond donors (Lipinski definition) is 2. The molecule has 0 amide bonds. The van der Waals surface area contributed by atoms with Gasteiger partial charge in [-0.05, 0) is 24.3 Å². The van der Waals surface area contributed by atoms with Gasteiger partial charge in [0.2, 0.25) is 0 Å². The van der Waals surface area contributed by atoms with Crippen molar-refractivity contribution in [1.82, 2.24) is 4.98 Å². The van der Waals surface area contributed by atoms with E-state index < -0.39 is 0 Å². The van der Waals surface area contributed by atoms with E-state index in [1.54, 1.807) is 0 Å². The fraction of sp³-hybridized carbons (Fsp3) is 0.385. The topological polar surface area (TPSA) is 45.2 Å². The number of aromatic nitrogens is 1. The first-order valence-electron chi connectivity index (χ1n) is 5.41. The van der Waals surface area contributed by atoms with Crippen LogP contribution in [0.15, 0.2) is 30.5 Å². The molecular formula is C13H17NO2. The number of benzene rings is 1. The van der Waals surface area contributed by atoms with E-state index in [0.717, 1.165) is 16.7 Å². The molecule has 0 radical (unpaired) electrons. The van der Waals surface area contributed by atoms with E-state index in [1.807, 2.05) is 44.3 Å². The molecule has 0 bridgehead atoms. The zero-order valence-corrected chi connectivity index (χ0v) is 9.66. The van der Waals surface area contributed by atoms with Gasteiger partial charge in [-0.1, -0.05) is 13.8 Å². The molecule has 0 aliphatic rings. The lowest BCUT2D eigenvalue weighted by Gasteiger charge is -2.21. The Labute approximate surface area is 95.1 Å². The van der Waals surface area contributed by atoms with Crippen LogP contribution in [0.25, 0.3) is 10.9 Å². The van der Waals surface area contributed by atoms with Crippen LogP contribution in [0.4, 0.5) is 0 Å². The Bertz CT molecular complexity index is 473. The number of aliphatic hydroxyl groups excluding tert-OH is 1. The number of fused-ring (bicyclic) bond motifs is 1. The van der Waals surface area contributed by atoms with Crippen LogP contribution in [0, 0.1) is 5.41 Å². The van der Waals surface area contributed by atoms with E-state index in [4.69, 9.17) is 9.84 Å². The molecule has 16 heavy (non-hydrogen) atoms. The highest BCUT2D eigenvalue weighted by molar-refractivity contribution is 5.80. The highest BCUT2D eigenvalue weighted by Gasteiger charge is 2.17. The molecule has 0 saturated carbocycles. The highest BCUT2D eigenvalue weighted by Crippen LogP contribution is 2.22. The smallest absolute Gasteiger partial charge is 0.120 e. The second-order valence-corrected chi connectivity index (χ2v) is 4.84. The number of rotatable bonds is 4. The minimum Gasteiger partial charge on any atom is -0.493 e. The van der Waals surface area contributed by atoms with Crippen LogP contribution in [0.5, 0.6) is 5.75 Å². The molecule has 0 aliphatic heterocycles. The fourth-order valence-corrected chi connectivity index (χ4v) is 1.45. The average molecular weight is 219 g/mol. The number of H-pyrrole nitrogens is 1. The first-order valence-corrected chi connectivity index (χ1v) is 5.41.